The smallest absolute Gasteiger partial charge is 0.352 e. The number of halogens is 3. The molecule has 5 heteroatoms. The van der Waals surface area contributed by atoms with E-state index in [9.17, 15) is 18.0 Å². The van der Waals surface area contributed by atoms with Gasteiger partial charge in [0.15, 0.2) is 0 Å². The van der Waals surface area contributed by atoms with Gasteiger partial charge in [-0.25, -0.2) is 0 Å². The normalized spacial score (nSPS) is 27.0. The Morgan fingerprint density at radius 3 is 2.50 bits per heavy atom. The third kappa shape index (κ3) is 2.30. The Kier molecular flexibility index (Phi) is 2.85. The molecule has 20 heavy (non-hydrogen) atoms. The molecule has 2 unspecified atom stereocenters. The molecule has 2 saturated carbocycles. The van der Waals surface area contributed by atoms with Gasteiger partial charge in [0, 0.05) is 6.04 Å². The zero-order valence-corrected chi connectivity index (χ0v) is 11.1. The van der Waals surface area contributed by atoms with E-state index in [0.717, 1.165) is 18.6 Å². The Bertz CT molecular complexity index is 548. The molecule has 2 fully saturated rings. The van der Waals surface area contributed by atoms with Crippen molar-refractivity contribution >= 4 is 5.91 Å². The van der Waals surface area contributed by atoms with Crippen LogP contribution in [-0.4, -0.2) is 11.9 Å². The summed E-state index contributed by atoms with van der Waals surface area (Å²) in [5.41, 5.74) is -0.934. The number of amides is 1. The zero-order valence-electron chi connectivity index (χ0n) is 11.1. The molecular weight excluding hydrogens is 267 g/mol. The van der Waals surface area contributed by atoms with Crippen LogP contribution in [0.2, 0.25) is 0 Å². The fourth-order valence-corrected chi connectivity index (χ4v) is 2.59. The van der Waals surface area contributed by atoms with Gasteiger partial charge < -0.3 is 5.32 Å². The van der Waals surface area contributed by atoms with Crippen LogP contribution in [0.3, 0.4) is 0 Å². The molecule has 1 aromatic rings. The van der Waals surface area contributed by atoms with Crippen molar-refractivity contribution in [3.05, 3.63) is 35.4 Å². The van der Waals surface area contributed by atoms with Crippen LogP contribution >= 0.6 is 0 Å². The number of carbonyl (C=O) groups excluding carboxylic acids is 1. The predicted octanol–water partition coefficient (Wildman–Crippen LogP) is 3.26. The highest BCUT2D eigenvalue weighted by Gasteiger charge is 2.53. The summed E-state index contributed by atoms with van der Waals surface area (Å²) in [7, 11) is 0. The second-order valence-corrected chi connectivity index (χ2v) is 5.95. The van der Waals surface area contributed by atoms with Crippen LogP contribution in [0.25, 0.3) is 0 Å². The van der Waals surface area contributed by atoms with E-state index in [1.54, 1.807) is 6.07 Å². The molecule has 0 heterocycles. The van der Waals surface area contributed by atoms with Crippen molar-refractivity contribution in [1.82, 2.24) is 5.32 Å². The van der Waals surface area contributed by atoms with E-state index in [0.29, 0.717) is 24.3 Å². The van der Waals surface area contributed by atoms with Crippen LogP contribution in [0.1, 0.15) is 37.3 Å². The minimum absolute atomic E-state index is 0.119. The van der Waals surface area contributed by atoms with E-state index in [2.05, 4.69) is 12.2 Å². The second-order valence-electron chi connectivity index (χ2n) is 5.95. The lowest BCUT2D eigenvalue weighted by molar-refractivity contribution is -0.137. The summed E-state index contributed by atoms with van der Waals surface area (Å²) in [6.07, 6.45) is -2.15. The van der Waals surface area contributed by atoms with Gasteiger partial charge in [-0.15, -0.1) is 0 Å². The summed E-state index contributed by atoms with van der Waals surface area (Å²) in [6, 6.07) is 5.36. The van der Waals surface area contributed by atoms with Gasteiger partial charge in [-0.2, -0.15) is 13.2 Å². The lowest BCUT2D eigenvalue weighted by Gasteiger charge is -2.17. The SMILES string of the molecule is CC1CC1NC(=O)C1(c2cccc(C(F)(F)F)c2)CC1. The third-order valence-electron chi connectivity index (χ3n) is 4.35. The minimum Gasteiger partial charge on any atom is -0.352 e. The number of carbonyl (C=O) groups is 1. The van der Waals surface area contributed by atoms with Crippen LogP contribution in [0, 0.1) is 5.92 Å². The van der Waals surface area contributed by atoms with E-state index >= 15 is 0 Å². The van der Waals surface area contributed by atoms with Gasteiger partial charge in [0.25, 0.3) is 0 Å². The van der Waals surface area contributed by atoms with Gasteiger partial charge in [-0.3, -0.25) is 4.79 Å². The lowest BCUT2D eigenvalue weighted by Crippen LogP contribution is -2.36. The number of benzene rings is 1. The van der Waals surface area contributed by atoms with Crippen molar-refractivity contribution in [2.45, 2.75) is 43.8 Å². The summed E-state index contributed by atoms with van der Waals surface area (Å²) in [5.74, 6) is 0.363. The lowest BCUT2D eigenvalue weighted by atomic mass is 9.93. The molecule has 0 bridgehead atoms. The van der Waals surface area contributed by atoms with Gasteiger partial charge in [-0.05, 0) is 36.8 Å². The Morgan fingerprint density at radius 1 is 1.35 bits per heavy atom. The Labute approximate surface area is 115 Å². The maximum atomic E-state index is 12.7. The van der Waals surface area contributed by atoms with Crippen molar-refractivity contribution in [2.24, 2.45) is 5.92 Å². The van der Waals surface area contributed by atoms with Gasteiger partial charge in [0.05, 0.1) is 11.0 Å². The fraction of sp³-hybridized carbons (Fsp3) is 0.533. The van der Waals surface area contributed by atoms with Crippen molar-refractivity contribution < 1.29 is 18.0 Å². The van der Waals surface area contributed by atoms with Crippen LogP contribution in [0.4, 0.5) is 13.2 Å². The highest BCUT2D eigenvalue weighted by atomic mass is 19.4. The van der Waals surface area contributed by atoms with Crippen molar-refractivity contribution in [3.63, 3.8) is 0 Å². The molecule has 108 valence electrons. The number of nitrogens with one attached hydrogen (secondary N) is 1. The molecule has 1 amide bonds. The maximum Gasteiger partial charge on any atom is 0.416 e. The van der Waals surface area contributed by atoms with Gasteiger partial charge in [-0.1, -0.05) is 25.1 Å². The Hall–Kier alpha value is -1.52. The molecule has 2 aliphatic carbocycles. The van der Waals surface area contributed by atoms with Gasteiger partial charge >= 0.3 is 6.18 Å². The summed E-state index contributed by atoms with van der Waals surface area (Å²) < 4.78 is 38.2. The zero-order chi connectivity index (χ0) is 14.5. The molecule has 0 saturated heterocycles. The standard InChI is InChI=1S/C15H16F3NO/c1-9-7-12(9)19-13(20)14(5-6-14)10-3-2-4-11(8-10)15(16,17)18/h2-4,8-9,12H,5-7H2,1H3,(H,19,20). The first kappa shape index (κ1) is 13.5. The minimum atomic E-state index is -4.37. The summed E-state index contributed by atoms with van der Waals surface area (Å²) in [6.45, 7) is 2.05. The number of alkyl halides is 3. The first-order chi connectivity index (χ1) is 9.33. The average Bonchev–Trinajstić information content (AvgIpc) is 3.27. The summed E-state index contributed by atoms with van der Waals surface area (Å²) in [4.78, 5) is 12.3. The molecule has 1 N–H and O–H groups in total. The van der Waals surface area contributed by atoms with Crippen LogP contribution in [0.5, 0.6) is 0 Å². The highest BCUT2D eigenvalue weighted by Crippen LogP contribution is 2.50. The van der Waals surface area contributed by atoms with Crippen molar-refractivity contribution in [1.29, 1.82) is 0 Å². The highest BCUT2D eigenvalue weighted by molar-refractivity contribution is 5.91. The quantitative estimate of drug-likeness (QED) is 0.906. The molecule has 0 spiro atoms. The third-order valence-corrected chi connectivity index (χ3v) is 4.35. The Balaban J connectivity index is 1.83. The molecule has 2 aliphatic rings. The molecule has 0 radical (unpaired) electrons. The molecular formula is C15H16F3NO. The van der Waals surface area contributed by atoms with E-state index in [1.807, 2.05) is 0 Å². The monoisotopic (exact) mass is 283 g/mol. The topological polar surface area (TPSA) is 29.1 Å². The fourth-order valence-electron chi connectivity index (χ4n) is 2.59. The van der Waals surface area contributed by atoms with Gasteiger partial charge in [0.1, 0.15) is 0 Å². The first-order valence-electron chi connectivity index (χ1n) is 6.82. The first-order valence-corrected chi connectivity index (χ1v) is 6.82. The van der Waals surface area contributed by atoms with Crippen molar-refractivity contribution in [2.75, 3.05) is 0 Å². The van der Waals surface area contributed by atoms with Crippen LogP contribution < -0.4 is 5.32 Å². The van der Waals surface area contributed by atoms with Gasteiger partial charge in [0.2, 0.25) is 5.91 Å². The number of hydrogen-bond acceptors (Lipinski definition) is 1. The Morgan fingerprint density at radius 2 is 2.00 bits per heavy atom. The van der Waals surface area contributed by atoms with Crippen molar-refractivity contribution in [3.8, 4) is 0 Å². The second kappa shape index (κ2) is 4.24. The van der Waals surface area contributed by atoms with E-state index in [4.69, 9.17) is 0 Å². The molecule has 2 nitrogen and oxygen atoms in total. The molecule has 0 aliphatic heterocycles. The average molecular weight is 283 g/mol. The van der Waals surface area contributed by atoms with Crippen LogP contribution in [-0.2, 0) is 16.4 Å². The summed E-state index contributed by atoms with van der Waals surface area (Å²) >= 11 is 0. The maximum absolute atomic E-state index is 12.7. The molecule has 3 rings (SSSR count). The van der Waals surface area contributed by atoms with E-state index < -0.39 is 17.2 Å². The predicted molar refractivity (Wildman–Crippen MR) is 68.1 cm³/mol. The number of hydrogen-bond donors (Lipinski definition) is 1. The molecule has 0 aromatic heterocycles. The molecule has 1 aromatic carbocycles. The number of rotatable bonds is 3. The summed E-state index contributed by atoms with van der Waals surface area (Å²) in [5, 5.41) is 2.94. The molecule has 2 atom stereocenters. The van der Waals surface area contributed by atoms with Crippen LogP contribution in [0.15, 0.2) is 24.3 Å². The largest absolute Gasteiger partial charge is 0.416 e. The van der Waals surface area contributed by atoms with E-state index in [-0.39, 0.29) is 11.9 Å². The van der Waals surface area contributed by atoms with E-state index in [1.165, 1.54) is 6.07 Å².